The smallest absolute Gasteiger partial charge is 0.225 e. The lowest BCUT2D eigenvalue weighted by Crippen LogP contribution is -2.43. The standard InChI is InChI=1S/C18H27N3O3/c1-20-13-14(12-19-20)16(22)10-15-6-5-9-21(15)17(23)11-18(24)7-3-2-4-8-18/h12-13,15,24H,2-11H2,1H3. The van der Waals surface area contributed by atoms with Crippen LogP contribution >= 0.6 is 0 Å². The zero-order chi connectivity index (χ0) is 17.2. The summed E-state index contributed by atoms with van der Waals surface area (Å²) in [6.45, 7) is 0.694. The van der Waals surface area contributed by atoms with Gasteiger partial charge in [0, 0.05) is 32.3 Å². The molecule has 3 rings (SSSR count). The van der Waals surface area contributed by atoms with E-state index >= 15 is 0 Å². The fraction of sp³-hybridized carbons (Fsp3) is 0.722. The Morgan fingerprint density at radius 2 is 2.04 bits per heavy atom. The van der Waals surface area contributed by atoms with Gasteiger partial charge in [-0.2, -0.15) is 5.10 Å². The average molecular weight is 333 g/mol. The topological polar surface area (TPSA) is 75.4 Å². The third kappa shape index (κ3) is 3.86. The summed E-state index contributed by atoms with van der Waals surface area (Å²) in [6, 6.07) is -0.0441. The first-order valence-corrected chi connectivity index (χ1v) is 9.01. The van der Waals surface area contributed by atoms with Crippen molar-refractivity contribution in [2.45, 2.75) is 69.4 Å². The zero-order valence-corrected chi connectivity index (χ0v) is 14.4. The van der Waals surface area contributed by atoms with Crippen LogP contribution in [0.3, 0.4) is 0 Å². The van der Waals surface area contributed by atoms with Crippen molar-refractivity contribution in [3.63, 3.8) is 0 Å². The number of ketones is 1. The van der Waals surface area contributed by atoms with Gasteiger partial charge in [0.1, 0.15) is 0 Å². The van der Waals surface area contributed by atoms with Crippen molar-refractivity contribution < 1.29 is 14.7 Å². The molecule has 2 heterocycles. The summed E-state index contributed by atoms with van der Waals surface area (Å²) in [6.07, 6.45) is 10.2. The maximum atomic E-state index is 12.7. The van der Waals surface area contributed by atoms with Gasteiger partial charge in [-0.3, -0.25) is 14.3 Å². The van der Waals surface area contributed by atoms with E-state index in [0.29, 0.717) is 31.4 Å². The van der Waals surface area contributed by atoms with Gasteiger partial charge in [0.15, 0.2) is 5.78 Å². The van der Waals surface area contributed by atoms with Crippen molar-refractivity contribution in [1.29, 1.82) is 0 Å². The summed E-state index contributed by atoms with van der Waals surface area (Å²) >= 11 is 0. The first-order valence-electron chi connectivity index (χ1n) is 9.01. The minimum absolute atomic E-state index is 0.000821. The quantitative estimate of drug-likeness (QED) is 0.837. The Morgan fingerprint density at radius 3 is 2.71 bits per heavy atom. The predicted molar refractivity (Wildman–Crippen MR) is 89.5 cm³/mol. The minimum atomic E-state index is -0.837. The third-order valence-corrected chi connectivity index (χ3v) is 5.41. The van der Waals surface area contributed by atoms with E-state index in [4.69, 9.17) is 0 Å². The Hall–Kier alpha value is -1.69. The molecule has 0 aromatic carbocycles. The second kappa shape index (κ2) is 7.05. The lowest BCUT2D eigenvalue weighted by molar-refractivity contribution is -0.138. The molecule has 1 saturated carbocycles. The van der Waals surface area contributed by atoms with Crippen LogP contribution in [0.25, 0.3) is 0 Å². The molecule has 2 fully saturated rings. The Bertz CT molecular complexity index is 604. The van der Waals surface area contributed by atoms with Gasteiger partial charge in [-0.1, -0.05) is 19.3 Å². The Kier molecular flexibility index (Phi) is 5.04. The van der Waals surface area contributed by atoms with E-state index in [1.807, 2.05) is 4.90 Å². The van der Waals surface area contributed by atoms with Crippen molar-refractivity contribution >= 4 is 11.7 Å². The molecule has 6 nitrogen and oxygen atoms in total. The molecule has 1 atom stereocenters. The van der Waals surface area contributed by atoms with E-state index in [-0.39, 0.29) is 24.2 Å². The molecule has 1 unspecified atom stereocenters. The number of likely N-dealkylation sites (tertiary alicyclic amines) is 1. The van der Waals surface area contributed by atoms with Gasteiger partial charge >= 0.3 is 0 Å². The fourth-order valence-electron chi connectivity index (χ4n) is 4.04. The van der Waals surface area contributed by atoms with Crippen molar-refractivity contribution in [2.75, 3.05) is 6.54 Å². The molecule has 24 heavy (non-hydrogen) atoms. The van der Waals surface area contributed by atoms with Gasteiger partial charge in [-0.05, 0) is 25.7 Å². The molecule has 1 aliphatic carbocycles. The van der Waals surface area contributed by atoms with E-state index in [0.717, 1.165) is 32.1 Å². The second-order valence-corrected chi connectivity index (χ2v) is 7.37. The van der Waals surface area contributed by atoms with Gasteiger partial charge in [0.2, 0.25) is 5.91 Å². The number of carbonyl (C=O) groups is 2. The van der Waals surface area contributed by atoms with Crippen LogP contribution in [-0.2, 0) is 11.8 Å². The molecule has 1 saturated heterocycles. The summed E-state index contributed by atoms with van der Waals surface area (Å²) in [7, 11) is 1.78. The van der Waals surface area contributed by atoms with Crippen LogP contribution < -0.4 is 0 Å². The van der Waals surface area contributed by atoms with Crippen molar-refractivity contribution in [3.05, 3.63) is 18.0 Å². The lowest BCUT2D eigenvalue weighted by Gasteiger charge is -2.34. The van der Waals surface area contributed by atoms with Gasteiger partial charge in [0.25, 0.3) is 0 Å². The summed E-state index contributed by atoms with van der Waals surface area (Å²) < 4.78 is 1.61. The summed E-state index contributed by atoms with van der Waals surface area (Å²) in [4.78, 5) is 26.9. The van der Waals surface area contributed by atoms with Gasteiger partial charge < -0.3 is 10.0 Å². The molecule has 0 radical (unpaired) electrons. The number of carbonyl (C=O) groups excluding carboxylic acids is 2. The second-order valence-electron chi connectivity index (χ2n) is 7.37. The van der Waals surface area contributed by atoms with E-state index in [1.165, 1.54) is 0 Å². The van der Waals surface area contributed by atoms with Crippen LogP contribution in [0.5, 0.6) is 0 Å². The Balaban J connectivity index is 1.60. The molecule has 1 N–H and O–H groups in total. The largest absolute Gasteiger partial charge is 0.389 e. The molecule has 1 amide bonds. The highest BCUT2D eigenvalue weighted by molar-refractivity contribution is 5.96. The first-order chi connectivity index (χ1) is 11.5. The van der Waals surface area contributed by atoms with Crippen LogP contribution in [0.2, 0.25) is 0 Å². The van der Waals surface area contributed by atoms with Crippen molar-refractivity contribution in [1.82, 2.24) is 14.7 Å². The highest BCUT2D eigenvalue weighted by atomic mass is 16.3. The van der Waals surface area contributed by atoms with Crippen LogP contribution in [0.1, 0.15) is 68.1 Å². The Labute approximate surface area is 142 Å². The molecule has 1 aliphatic heterocycles. The normalized spacial score (nSPS) is 23.4. The summed E-state index contributed by atoms with van der Waals surface area (Å²) in [5, 5.41) is 14.7. The van der Waals surface area contributed by atoms with Crippen LogP contribution in [0.15, 0.2) is 12.4 Å². The van der Waals surface area contributed by atoms with Crippen LogP contribution in [0.4, 0.5) is 0 Å². The van der Waals surface area contributed by atoms with Crippen molar-refractivity contribution in [3.8, 4) is 0 Å². The number of nitrogens with zero attached hydrogens (tertiary/aromatic N) is 3. The summed E-state index contributed by atoms with van der Waals surface area (Å²) in [5.74, 6) is 0.0325. The van der Waals surface area contributed by atoms with Crippen LogP contribution in [0, 0.1) is 0 Å². The highest BCUT2D eigenvalue weighted by Crippen LogP contribution is 2.33. The number of rotatable bonds is 5. The molecule has 132 valence electrons. The van der Waals surface area contributed by atoms with E-state index < -0.39 is 5.60 Å². The Morgan fingerprint density at radius 1 is 1.29 bits per heavy atom. The maximum Gasteiger partial charge on any atom is 0.225 e. The summed E-state index contributed by atoms with van der Waals surface area (Å²) in [5.41, 5.74) is -0.238. The molecule has 0 spiro atoms. The average Bonchev–Trinajstić information content (AvgIpc) is 3.16. The molecule has 1 aromatic heterocycles. The number of Topliss-reactive ketones (excluding diaryl/α,β-unsaturated/α-hetero) is 1. The maximum absolute atomic E-state index is 12.7. The molecule has 1 aromatic rings. The fourth-order valence-corrected chi connectivity index (χ4v) is 4.04. The molecule has 0 bridgehead atoms. The number of hydrogen-bond donors (Lipinski definition) is 1. The molecular formula is C18H27N3O3. The van der Waals surface area contributed by atoms with E-state index in [9.17, 15) is 14.7 Å². The van der Waals surface area contributed by atoms with Crippen LogP contribution in [-0.4, -0.2) is 49.7 Å². The first kappa shape index (κ1) is 17.1. The lowest BCUT2D eigenvalue weighted by atomic mass is 9.82. The SMILES string of the molecule is Cn1cc(C(=O)CC2CCCN2C(=O)CC2(O)CCCCC2)cn1. The van der Waals surface area contributed by atoms with E-state index in [2.05, 4.69) is 5.10 Å². The van der Waals surface area contributed by atoms with Gasteiger partial charge in [-0.15, -0.1) is 0 Å². The third-order valence-electron chi connectivity index (χ3n) is 5.41. The minimum Gasteiger partial charge on any atom is -0.389 e. The number of aryl methyl sites for hydroxylation is 1. The number of aliphatic hydroxyl groups is 1. The number of amides is 1. The highest BCUT2D eigenvalue weighted by Gasteiger charge is 2.37. The van der Waals surface area contributed by atoms with Gasteiger partial charge in [0.05, 0.1) is 23.8 Å². The number of aromatic nitrogens is 2. The van der Waals surface area contributed by atoms with E-state index in [1.54, 1.807) is 24.1 Å². The molecule has 2 aliphatic rings. The van der Waals surface area contributed by atoms with Gasteiger partial charge in [-0.25, -0.2) is 0 Å². The molecule has 6 heteroatoms. The number of hydrogen-bond acceptors (Lipinski definition) is 4. The van der Waals surface area contributed by atoms with Crippen molar-refractivity contribution in [2.24, 2.45) is 7.05 Å². The predicted octanol–water partition coefficient (Wildman–Crippen LogP) is 2.07. The molecular weight excluding hydrogens is 306 g/mol. The monoisotopic (exact) mass is 333 g/mol. The zero-order valence-electron chi connectivity index (χ0n) is 14.4.